The van der Waals surface area contributed by atoms with E-state index in [0.29, 0.717) is 30.3 Å². The van der Waals surface area contributed by atoms with E-state index in [1.165, 1.54) is 24.2 Å². The minimum Gasteiger partial charge on any atom is -0.366 e. The third kappa shape index (κ3) is 5.69. The number of carbonyl (C=O) groups is 1. The third-order valence-electron chi connectivity index (χ3n) is 5.21. The molecule has 9 heteroatoms. The Labute approximate surface area is 195 Å². The number of nitrogens with one attached hydrogen (secondary N) is 1. The smallest absolute Gasteiger partial charge is 0.230 e. The second-order valence-corrected chi connectivity index (χ2v) is 8.70. The highest BCUT2D eigenvalue weighted by atomic mass is 35.5. The van der Waals surface area contributed by atoms with Crippen molar-refractivity contribution in [3.05, 3.63) is 77.3 Å². The molecule has 1 aliphatic rings. The van der Waals surface area contributed by atoms with Gasteiger partial charge in [0.05, 0.1) is 11.4 Å². The molecule has 1 amide bonds. The molecule has 4 rings (SSSR count). The topological polar surface area (TPSA) is 61.4 Å². The molecule has 0 aliphatic carbocycles. The van der Waals surface area contributed by atoms with Crippen molar-refractivity contribution < 1.29 is 9.18 Å². The first kappa shape index (κ1) is 22.4. The lowest BCUT2D eigenvalue weighted by atomic mass is 10.2. The van der Waals surface area contributed by atoms with Gasteiger partial charge in [-0.25, -0.2) is 14.4 Å². The van der Waals surface area contributed by atoms with E-state index in [9.17, 15) is 9.18 Å². The van der Waals surface area contributed by atoms with Crippen LogP contribution in [0, 0.1) is 5.82 Å². The molecule has 6 nitrogen and oxygen atoms in total. The first-order valence-corrected chi connectivity index (χ1v) is 11.7. The van der Waals surface area contributed by atoms with Gasteiger partial charge in [-0.1, -0.05) is 53.7 Å². The third-order valence-corrected chi connectivity index (χ3v) is 6.50. The molecular weight excluding hydrogens is 449 g/mol. The molecule has 0 unspecified atom stereocenters. The lowest BCUT2D eigenvalue weighted by Crippen LogP contribution is -2.47. The number of halogens is 2. The van der Waals surface area contributed by atoms with Gasteiger partial charge in [0, 0.05) is 43.8 Å². The zero-order chi connectivity index (χ0) is 22.3. The molecule has 0 radical (unpaired) electrons. The quantitative estimate of drug-likeness (QED) is 0.415. The Balaban J connectivity index is 1.28. The maximum Gasteiger partial charge on any atom is 0.230 e. The normalized spacial score (nSPS) is 13.8. The highest BCUT2D eigenvalue weighted by Gasteiger charge is 2.20. The fraction of sp³-hybridized carbons (Fsp3) is 0.261. The van der Waals surface area contributed by atoms with E-state index in [1.807, 2.05) is 35.2 Å². The van der Waals surface area contributed by atoms with Crippen LogP contribution < -0.4 is 15.1 Å². The van der Waals surface area contributed by atoms with Gasteiger partial charge in [0.2, 0.25) is 5.91 Å². The molecule has 0 spiro atoms. The molecule has 3 aromatic rings. The molecule has 0 atom stereocenters. The van der Waals surface area contributed by atoms with E-state index in [4.69, 9.17) is 11.6 Å². The second kappa shape index (κ2) is 10.7. The molecule has 2 aromatic carbocycles. The van der Waals surface area contributed by atoms with E-state index in [0.717, 1.165) is 29.5 Å². The molecule has 1 aliphatic heterocycles. The van der Waals surface area contributed by atoms with Crippen LogP contribution in [0.2, 0.25) is 5.02 Å². The zero-order valence-corrected chi connectivity index (χ0v) is 18.9. The molecule has 1 aromatic heterocycles. The van der Waals surface area contributed by atoms with Crippen molar-refractivity contribution in [3.8, 4) is 0 Å². The van der Waals surface area contributed by atoms with E-state index in [1.54, 1.807) is 18.2 Å². The predicted octanol–water partition coefficient (Wildman–Crippen LogP) is 4.00. The SMILES string of the molecule is O=C(CSc1cc(N2CCN(c3ccccc3F)CC2)ncn1)NCc1ccccc1Cl. The summed E-state index contributed by atoms with van der Waals surface area (Å²) in [6.45, 7) is 3.26. The number of hydrogen-bond donors (Lipinski definition) is 1. The number of benzene rings is 2. The number of anilines is 2. The summed E-state index contributed by atoms with van der Waals surface area (Å²) in [4.78, 5) is 25.1. The van der Waals surface area contributed by atoms with Crippen molar-refractivity contribution in [2.75, 3.05) is 41.7 Å². The summed E-state index contributed by atoms with van der Waals surface area (Å²) < 4.78 is 14.1. The van der Waals surface area contributed by atoms with Gasteiger partial charge in [0.15, 0.2) is 0 Å². The average molecular weight is 472 g/mol. The zero-order valence-electron chi connectivity index (χ0n) is 17.4. The number of piperazine rings is 1. The van der Waals surface area contributed by atoms with Gasteiger partial charge in [-0.2, -0.15) is 0 Å². The van der Waals surface area contributed by atoms with Crippen LogP contribution in [0.3, 0.4) is 0 Å². The Hall–Kier alpha value is -2.84. The molecule has 1 fully saturated rings. The summed E-state index contributed by atoms with van der Waals surface area (Å²) in [5.74, 6) is 0.775. The lowest BCUT2D eigenvalue weighted by Gasteiger charge is -2.36. The largest absolute Gasteiger partial charge is 0.366 e. The molecular formula is C23H23ClFN5OS. The maximum atomic E-state index is 14.1. The number of nitrogens with zero attached hydrogens (tertiary/aromatic N) is 4. The molecule has 1 saturated heterocycles. The van der Waals surface area contributed by atoms with Gasteiger partial charge < -0.3 is 15.1 Å². The second-order valence-electron chi connectivity index (χ2n) is 7.30. The number of rotatable bonds is 7. The first-order valence-electron chi connectivity index (χ1n) is 10.3. The fourth-order valence-electron chi connectivity index (χ4n) is 3.49. The van der Waals surface area contributed by atoms with Crippen molar-refractivity contribution in [2.45, 2.75) is 11.6 Å². The van der Waals surface area contributed by atoms with Crippen molar-refractivity contribution in [1.29, 1.82) is 0 Å². The Bertz CT molecular complexity index is 1080. The standard InChI is InChI=1S/C23H23ClFN5OS/c24-18-6-2-1-5-17(18)14-26-22(31)15-32-23-13-21(27-16-28-23)30-11-9-29(10-12-30)20-8-4-3-7-19(20)25/h1-8,13,16H,9-12,14-15H2,(H,26,31). The van der Waals surface area contributed by atoms with Gasteiger partial charge in [-0.05, 0) is 23.8 Å². The van der Waals surface area contributed by atoms with Crippen molar-refractivity contribution in [1.82, 2.24) is 15.3 Å². The summed E-state index contributed by atoms with van der Waals surface area (Å²) in [5, 5.41) is 4.25. The van der Waals surface area contributed by atoms with Crippen LogP contribution in [-0.4, -0.2) is 47.8 Å². The number of para-hydroxylation sites is 1. The highest BCUT2D eigenvalue weighted by molar-refractivity contribution is 7.99. The number of carbonyl (C=O) groups excluding carboxylic acids is 1. The maximum absolute atomic E-state index is 14.1. The van der Waals surface area contributed by atoms with Crippen LogP contribution in [0.5, 0.6) is 0 Å². The fourth-order valence-corrected chi connectivity index (χ4v) is 4.39. The van der Waals surface area contributed by atoms with Gasteiger partial charge >= 0.3 is 0 Å². The van der Waals surface area contributed by atoms with Crippen molar-refractivity contribution >= 4 is 40.8 Å². The van der Waals surface area contributed by atoms with Crippen LogP contribution in [0.1, 0.15) is 5.56 Å². The number of hydrogen-bond acceptors (Lipinski definition) is 6. The minimum atomic E-state index is -0.200. The van der Waals surface area contributed by atoms with Crippen LogP contribution in [0.4, 0.5) is 15.9 Å². The van der Waals surface area contributed by atoms with Gasteiger partial charge in [0.25, 0.3) is 0 Å². The lowest BCUT2D eigenvalue weighted by molar-refractivity contribution is -0.118. The summed E-state index contributed by atoms with van der Waals surface area (Å²) in [5.41, 5.74) is 1.51. The molecule has 0 saturated carbocycles. The molecule has 0 bridgehead atoms. The van der Waals surface area contributed by atoms with E-state index < -0.39 is 0 Å². The Morgan fingerprint density at radius 3 is 2.53 bits per heavy atom. The Morgan fingerprint density at radius 1 is 1.03 bits per heavy atom. The van der Waals surface area contributed by atoms with Crippen LogP contribution in [0.25, 0.3) is 0 Å². The van der Waals surface area contributed by atoms with Gasteiger partial charge in [-0.15, -0.1) is 0 Å². The monoisotopic (exact) mass is 471 g/mol. The van der Waals surface area contributed by atoms with E-state index in [2.05, 4.69) is 20.2 Å². The Kier molecular flexibility index (Phi) is 7.44. The summed E-state index contributed by atoms with van der Waals surface area (Å²) >= 11 is 7.49. The predicted molar refractivity (Wildman–Crippen MR) is 127 cm³/mol. The first-order chi connectivity index (χ1) is 15.6. The molecule has 1 N–H and O–H groups in total. The van der Waals surface area contributed by atoms with Crippen molar-refractivity contribution in [2.24, 2.45) is 0 Å². The minimum absolute atomic E-state index is 0.0893. The molecule has 166 valence electrons. The highest BCUT2D eigenvalue weighted by Crippen LogP contribution is 2.24. The number of thioether (sulfide) groups is 1. The van der Waals surface area contributed by atoms with Gasteiger partial charge in [-0.3, -0.25) is 4.79 Å². The summed E-state index contributed by atoms with van der Waals surface area (Å²) in [6.07, 6.45) is 1.52. The van der Waals surface area contributed by atoms with Crippen LogP contribution in [0.15, 0.2) is 66.0 Å². The van der Waals surface area contributed by atoms with Crippen molar-refractivity contribution in [3.63, 3.8) is 0 Å². The van der Waals surface area contributed by atoms with E-state index in [-0.39, 0.29) is 17.5 Å². The van der Waals surface area contributed by atoms with Crippen LogP contribution in [-0.2, 0) is 11.3 Å². The molecule has 32 heavy (non-hydrogen) atoms. The summed E-state index contributed by atoms with van der Waals surface area (Å²) in [7, 11) is 0. The number of aromatic nitrogens is 2. The Morgan fingerprint density at radius 2 is 1.75 bits per heavy atom. The summed E-state index contributed by atoms with van der Waals surface area (Å²) in [6, 6.07) is 16.2. The average Bonchev–Trinajstić information content (AvgIpc) is 2.83. The molecule has 2 heterocycles. The van der Waals surface area contributed by atoms with Gasteiger partial charge in [0.1, 0.15) is 23.0 Å². The van der Waals surface area contributed by atoms with Crippen LogP contribution >= 0.6 is 23.4 Å². The van der Waals surface area contributed by atoms with E-state index >= 15 is 0 Å². The number of amides is 1.